The highest BCUT2D eigenvalue weighted by molar-refractivity contribution is 9.10. The summed E-state index contributed by atoms with van der Waals surface area (Å²) in [7, 11) is 1.63. The predicted octanol–water partition coefficient (Wildman–Crippen LogP) is 7.14. The molecular weight excluding hydrogens is 504 g/mol. The zero-order valence-electron chi connectivity index (χ0n) is 20.2. The third-order valence-corrected chi connectivity index (χ3v) is 7.32. The molecule has 3 aromatic rings. The van der Waals surface area contributed by atoms with E-state index in [-0.39, 0.29) is 17.7 Å². The van der Waals surface area contributed by atoms with Gasteiger partial charge in [0.25, 0.3) is 0 Å². The molecule has 0 bridgehead atoms. The third-order valence-electron chi connectivity index (χ3n) is 6.73. The summed E-state index contributed by atoms with van der Waals surface area (Å²) in [6.45, 7) is 4.54. The lowest BCUT2D eigenvalue weighted by Gasteiger charge is -2.30. The van der Waals surface area contributed by atoms with Crippen molar-refractivity contribution in [2.45, 2.75) is 38.6 Å². The summed E-state index contributed by atoms with van der Waals surface area (Å²) in [5.41, 5.74) is 7.04. The number of ether oxygens (including phenoxy) is 2. The van der Waals surface area contributed by atoms with E-state index in [0.29, 0.717) is 24.5 Å². The summed E-state index contributed by atoms with van der Waals surface area (Å²) in [6.07, 6.45) is 1.25. The lowest BCUT2D eigenvalue weighted by Crippen LogP contribution is -2.27. The van der Waals surface area contributed by atoms with E-state index in [4.69, 9.17) is 9.47 Å². The van der Waals surface area contributed by atoms with Crippen LogP contribution in [0.4, 0.5) is 11.4 Å². The second kappa shape index (κ2) is 9.78. The first-order valence-electron chi connectivity index (χ1n) is 11.9. The van der Waals surface area contributed by atoms with E-state index in [0.717, 1.165) is 39.1 Å². The predicted molar refractivity (Wildman–Crippen MR) is 143 cm³/mol. The smallest absolute Gasteiger partial charge is 0.174 e. The Hall–Kier alpha value is -3.25. The Bertz CT molecular complexity index is 1300. The van der Waals surface area contributed by atoms with Gasteiger partial charge in [-0.1, -0.05) is 42.0 Å². The van der Waals surface area contributed by atoms with Crippen LogP contribution in [0.2, 0.25) is 0 Å². The van der Waals surface area contributed by atoms with E-state index in [1.807, 2.05) is 43.3 Å². The van der Waals surface area contributed by atoms with Gasteiger partial charge in [-0.05, 0) is 77.5 Å². The highest BCUT2D eigenvalue weighted by Gasteiger charge is 2.36. The lowest BCUT2D eigenvalue weighted by molar-refractivity contribution is -0.116. The Morgan fingerprint density at radius 1 is 1.00 bits per heavy atom. The van der Waals surface area contributed by atoms with Gasteiger partial charge in [0.2, 0.25) is 0 Å². The van der Waals surface area contributed by atoms with E-state index in [2.05, 4.69) is 57.8 Å². The Labute approximate surface area is 214 Å². The molecule has 0 aromatic heterocycles. The molecular formula is C29H29BrN2O3. The van der Waals surface area contributed by atoms with Gasteiger partial charge in [-0.15, -0.1) is 0 Å². The highest BCUT2D eigenvalue weighted by atomic mass is 79.9. The number of halogens is 1. The van der Waals surface area contributed by atoms with Crippen molar-refractivity contribution in [2.24, 2.45) is 0 Å². The standard InChI is InChI=1S/C29H29BrN2O3/c1-4-35-26-16-20(13-21(30)29(26)34-3)28-27-24(31-22-7-5-6-8-23(22)32-28)14-19(15-25(27)33)18-11-9-17(2)10-12-18/h5-13,16,19,28,31-32H,4,14-15H2,1-3H3. The first-order chi connectivity index (χ1) is 17.0. The molecule has 1 aliphatic carbocycles. The number of allylic oxidation sites excluding steroid dienone is 1. The van der Waals surface area contributed by atoms with Crippen molar-refractivity contribution in [1.82, 2.24) is 0 Å². The number of rotatable bonds is 5. The summed E-state index contributed by atoms with van der Waals surface area (Å²) >= 11 is 3.65. The topological polar surface area (TPSA) is 59.6 Å². The number of fused-ring (bicyclic) bond motifs is 1. The zero-order chi connectivity index (χ0) is 24.5. The van der Waals surface area contributed by atoms with Crippen molar-refractivity contribution in [3.63, 3.8) is 0 Å². The van der Waals surface area contributed by atoms with Gasteiger partial charge in [0.15, 0.2) is 17.3 Å². The molecule has 5 nitrogen and oxygen atoms in total. The molecule has 0 saturated carbocycles. The van der Waals surface area contributed by atoms with Crippen molar-refractivity contribution in [3.05, 3.63) is 93.1 Å². The van der Waals surface area contributed by atoms with Gasteiger partial charge in [0.1, 0.15) is 0 Å². The average molecular weight is 533 g/mol. The Balaban J connectivity index is 1.63. The van der Waals surface area contributed by atoms with Crippen LogP contribution in [0.25, 0.3) is 0 Å². The summed E-state index contributed by atoms with van der Waals surface area (Å²) in [5.74, 6) is 1.59. The molecule has 2 unspecified atom stereocenters. The number of benzene rings is 3. The first kappa shape index (κ1) is 23.5. The van der Waals surface area contributed by atoms with E-state index < -0.39 is 0 Å². The second-order valence-electron chi connectivity index (χ2n) is 9.05. The molecule has 6 heteroatoms. The number of carbonyl (C=O) groups excluding carboxylic acids is 1. The van der Waals surface area contributed by atoms with Gasteiger partial charge in [-0.2, -0.15) is 0 Å². The monoisotopic (exact) mass is 532 g/mol. The summed E-state index contributed by atoms with van der Waals surface area (Å²) in [6, 6.07) is 20.3. The van der Waals surface area contributed by atoms with Crippen LogP contribution < -0.4 is 20.1 Å². The van der Waals surface area contributed by atoms with Gasteiger partial charge >= 0.3 is 0 Å². The molecule has 5 rings (SSSR count). The summed E-state index contributed by atoms with van der Waals surface area (Å²) < 4.78 is 12.2. The quantitative estimate of drug-likeness (QED) is 0.365. The molecule has 0 radical (unpaired) electrons. The van der Waals surface area contributed by atoms with Gasteiger partial charge < -0.3 is 20.1 Å². The molecule has 0 amide bonds. The molecule has 35 heavy (non-hydrogen) atoms. The molecule has 2 aliphatic rings. The fourth-order valence-electron chi connectivity index (χ4n) is 5.03. The third kappa shape index (κ3) is 4.55. The van der Waals surface area contributed by atoms with Gasteiger partial charge in [-0.3, -0.25) is 4.79 Å². The fraction of sp³-hybridized carbons (Fsp3) is 0.276. The number of hydrogen-bond donors (Lipinski definition) is 2. The Kier molecular flexibility index (Phi) is 6.56. The second-order valence-corrected chi connectivity index (χ2v) is 9.90. The van der Waals surface area contributed by atoms with E-state index >= 15 is 0 Å². The van der Waals surface area contributed by atoms with Crippen LogP contribution >= 0.6 is 15.9 Å². The number of ketones is 1. The number of methoxy groups -OCH3 is 1. The van der Waals surface area contributed by atoms with E-state index in [1.54, 1.807) is 7.11 Å². The van der Waals surface area contributed by atoms with Crippen molar-refractivity contribution < 1.29 is 14.3 Å². The molecule has 2 atom stereocenters. The average Bonchev–Trinajstić information content (AvgIpc) is 3.01. The number of hydrogen-bond acceptors (Lipinski definition) is 5. The maximum absolute atomic E-state index is 13.8. The van der Waals surface area contributed by atoms with Crippen molar-refractivity contribution in [3.8, 4) is 11.5 Å². The van der Waals surface area contributed by atoms with Gasteiger partial charge in [-0.25, -0.2) is 0 Å². The van der Waals surface area contributed by atoms with E-state index in [9.17, 15) is 4.79 Å². The summed E-state index contributed by atoms with van der Waals surface area (Å²) in [4.78, 5) is 13.8. The van der Waals surface area contributed by atoms with Crippen LogP contribution in [0.1, 0.15) is 48.4 Å². The van der Waals surface area contributed by atoms with Gasteiger partial charge in [0.05, 0.1) is 35.6 Å². The molecule has 0 fully saturated rings. The zero-order valence-corrected chi connectivity index (χ0v) is 21.7. The first-order valence-corrected chi connectivity index (χ1v) is 12.7. The van der Waals surface area contributed by atoms with Crippen LogP contribution in [-0.2, 0) is 4.79 Å². The maximum Gasteiger partial charge on any atom is 0.174 e. The van der Waals surface area contributed by atoms with Crippen LogP contribution in [0.3, 0.4) is 0 Å². The molecule has 3 aromatic carbocycles. The van der Waals surface area contributed by atoms with Crippen LogP contribution in [0.5, 0.6) is 11.5 Å². The number of anilines is 2. The largest absolute Gasteiger partial charge is 0.492 e. The number of aryl methyl sites for hydroxylation is 1. The number of nitrogens with one attached hydrogen (secondary N) is 2. The molecule has 180 valence electrons. The molecule has 1 aliphatic heterocycles. The Morgan fingerprint density at radius 2 is 1.74 bits per heavy atom. The normalized spacial score (nSPS) is 19.1. The SMILES string of the molecule is CCOc1cc(C2Nc3ccccc3NC3=C2C(=O)CC(c2ccc(C)cc2)C3)cc(Br)c1OC. The minimum atomic E-state index is -0.325. The molecule has 1 heterocycles. The van der Waals surface area contributed by atoms with Gasteiger partial charge in [0, 0.05) is 17.7 Å². The molecule has 2 N–H and O–H groups in total. The lowest BCUT2D eigenvalue weighted by atomic mass is 9.78. The fourth-order valence-corrected chi connectivity index (χ4v) is 5.65. The number of Topliss-reactive ketones (excluding diaryl/α,β-unsaturated/α-hetero) is 1. The van der Waals surface area contributed by atoms with Crippen LogP contribution in [0, 0.1) is 6.92 Å². The molecule has 0 saturated heterocycles. The highest BCUT2D eigenvalue weighted by Crippen LogP contribution is 2.46. The minimum absolute atomic E-state index is 0.141. The number of para-hydroxylation sites is 2. The van der Waals surface area contributed by atoms with Crippen molar-refractivity contribution >= 4 is 33.1 Å². The number of carbonyl (C=O) groups is 1. The minimum Gasteiger partial charge on any atom is -0.492 e. The molecule has 0 spiro atoms. The van der Waals surface area contributed by atoms with Crippen LogP contribution in [0.15, 0.2) is 76.4 Å². The van der Waals surface area contributed by atoms with Crippen LogP contribution in [-0.4, -0.2) is 19.5 Å². The Morgan fingerprint density at radius 3 is 2.46 bits per heavy atom. The summed E-state index contributed by atoms with van der Waals surface area (Å²) in [5, 5.41) is 7.25. The maximum atomic E-state index is 13.8. The van der Waals surface area contributed by atoms with Crippen molar-refractivity contribution in [1.29, 1.82) is 0 Å². The van der Waals surface area contributed by atoms with Crippen molar-refractivity contribution in [2.75, 3.05) is 24.4 Å². The van der Waals surface area contributed by atoms with E-state index in [1.165, 1.54) is 11.1 Å².